The van der Waals surface area contributed by atoms with Crippen LogP contribution in [0.4, 0.5) is 13.2 Å². The largest absolute Gasteiger partial charge is 0.326 e. The summed E-state index contributed by atoms with van der Waals surface area (Å²) in [5, 5.41) is 0. The molecule has 1 aromatic rings. The highest BCUT2D eigenvalue weighted by molar-refractivity contribution is 5.27. The number of alkyl halides is 2. The van der Waals surface area contributed by atoms with Gasteiger partial charge in [-0.3, -0.25) is 4.98 Å². The van der Waals surface area contributed by atoms with E-state index in [4.69, 9.17) is 5.73 Å². The van der Waals surface area contributed by atoms with Crippen molar-refractivity contribution in [3.63, 3.8) is 0 Å². The van der Waals surface area contributed by atoms with Crippen molar-refractivity contribution in [1.82, 2.24) is 4.98 Å². The van der Waals surface area contributed by atoms with Crippen molar-refractivity contribution >= 4 is 0 Å². The van der Waals surface area contributed by atoms with Gasteiger partial charge in [-0.05, 0) is 6.92 Å². The van der Waals surface area contributed by atoms with Crippen LogP contribution in [0, 0.1) is 12.7 Å². The van der Waals surface area contributed by atoms with Gasteiger partial charge in [-0.15, -0.1) is 0 Å². The molecule has 72 valence electrons. The molecule has 0 aromatic carbocycles. The van der Waals surface area contributed by atoms with E-state index in [9.17, 15) is 13.2 Å². The molecule has 0 saturated heterocycles. The van der Waals surface area contributed by atoms with E-state index in [1.54, 1.807) is 0 Å². The molecule has 13 heavy (non-hydrogen) atoms. The minimum atomic E-state index is -2.78. The van der Waals surface area contributed by atoms with Gasteiger partial charge >= 0.3 is 0 Å². The van der Waals surface area contributed by atoms with E-state index in [1.165, 1.54) is 6.92 Å². The van der Waals surface area contributed by atoms with Crippen LogP contribution in [0.2, 0.25) is 0 Å². The average molecular weight is 190 g/mol. The lowest BCUT2D eigenvalue weighted by Crippen LogP contribution is -2.08. The predicted molar refractivity (Wildman–Crippen MR) is 41.8 cm³/mol. The molecule has 0 aliphatic heterocycles. The third-order valence-electron chi connectivity index (χ3n) is 1.73. The van der Waals surface area contributed by atoms with Crippen molar-refractivity contribution < 1.29 is 13.2 Å². The van der Waals surface area contributed by atoms with Gasteiger partial charge in [0.1, 0.15) is 11.5 Å². The fourth-order valence-electron chi connectivity index (χ4n) is 1.03. The normalized spacial score (nSPS) is 10.9. The second kappa shape index (κ2) is 3.74. The van der Waals surface area contributed by atoms with E-state index >= 15 is 0 Å². The molecule has 0 radical (unpaired) electrons. The van der Waals surface area contributed by atoms with Crippen LogP contribution >= 0.6 is 0 Å². The Labute approximate surface area is 73.6 Å². The van der Waals surface area contributed by atoms with Gasteiger partial charge in [-0.25, -0.2) is 13.2 Å². The van der Waals surface area contributed by atoms with Crippen molar-refractivity contribution in [3.05, 3.63) is 28.8 Å². The molecule has 0 bridgehead atoms. The lowest BCUT2D eigenvalue weighted by atomic mass is 10.1. The Morgan fingerprint density at radius 1 is 1.54 bits per heavy atom. The zero-order valence-electron chi connectivity index (χ0n) is 7.02. The highest BCUT2D eigenvalue weighted by atomic mass is 19.3. The van der Waals surface area contributed by atoms with E-state index in [2.05, 4.69) is 4.98 Å². The molecule has 0 fully saturated rings. The zero-order valence-corrected chi connectivity index (χ0v) is 7.02. The lowest BCUT2D eigenvalue weighted by Gasteiger charge is -2.08. The minimum Gasteiger partial charge on any atom is -0.326 e. The Morgan fingerprint density at radius 3 is 2.62 bits per heavy atom. The predicted octanol–water partition coefficient (Wildman–Crippen LogP) is 1.93. The highest BCUT2D eigenvalue weighted by Gasteiger charge is 2.18. The van der Waals surface area contributed by atoms with Gasteiger partial charge in [0.05, 0.1) is 0 Å². The van der Waals surface area contributed by atoms with Crippen LogP contribution in [0.5, 0.6) is 0 Å². The van der Waals surface area contributed by atoms with E-state index < -0.39 is 17.9 Å². The number of pyridine rings is 1. The number of hydrogen-bond acceptors (Lipinski definition) is 2. The lowest BCUT2D eigenvalue weighted by molar-refractivity contribution is 0.144. The van der Waals surface area contributed by atoms with Crippen molar-refractivity contribution in [2.45, 2.75) is 19.9 Å². The van der Waals surface area contributed by atoms with Crippen LogP contribution in [-0.2, 0) is 6.54 Å². The van der Waals surface area contributed by atoms with Gasteiger partial charge in [-0.2, -0.15) is 0 Å². The van der Waals surface area contributed by atoms with E-state index in [-0.39, 0.29) is 17.7 Å². The van der Waals surface area contributed by atoms with Crippen LogP contribution < -0.4 is 5.73 Å². The molecule has 0 unspecified atom stereocenters. The number of rotatable bonds is 2. The molecule has 5 heteroatoms. The molecule has 1 aromatic heterocycles. The Kier molecular flexibility index (Phi) is 2.87. The Balaban J connectivity index is 3.30. The summed E-state index contributed by atoms with van der Waals surface area (Å²) < 4.78 is 37.7. The van der Waals surface area contributed by atoms with Crippen LogP contribution in [0.25, 0.3) is 0 Å². The summed E-state index contributed by atoms with van der Waals surface area (Å²) in [4.78, 5) is 3.44. The number of halogens is 3. The Bertz CT molecular complexity index is 313. The summed E-state index contributed by atoms with van der Waals surface area (Å²) in [7, 11) is 0. The quantitative estimate of drug-likeness (QED) is 0.773. The van der Waals surface area contributed by atoms with E-state index in [0.29, 0.717) is 0 Å². The molecule has 0 atom stereocenters. The van der Waals surface area contributed by atoms with Gasteiger partial charge in [0.2, 0.25) is 0 Å². The highest BCUT2D eigenvalue weighted by Crippen LogP contribution is 2.23. The molecule has 2 nitrogen and oxygen atoms in total. The number of aromatic nitrogens is 1. The second-order valence-electron chi connectivity index (χ2n) is 2.62. The molecule has 2 N–H and O–H groups in total. The van der Waals surface area contributed by atoms with Crippen LogP contribution in [0.15, 0.2) is 6.20 Å². The van der Waals surface area contributed by atoms with Crippen LogP contribution in [0.1, 0.15) is 23.2 Å². The third-order valence-corrected chi connectivity index (χ3v) is 1.73. The monoisotopic (exact) mass is 190 g/mol. The van der Waals surface area contributed by atoms with Gasteiger partial charge in [0, 0.05) is 23.9 Å². The van der Waals surface area contributed by atoms with Gasteiger partial charge < -0.3 is 5.73 Å². The van der Waals surface area contributed by atoms with Crippen molar-refractivity contribution in [2.24, 2.45) is 5.73 Å². The summed E-state index contributed by atoms with van der Waals surface area (Å²) in [5.41, 5.74) is 4.61. The first-order valence-electron chi connectivity index (χ1n) is 3.70. The molecule has 0 amide bonds. The molecule has 1 heterocycles. The van der Waals surface area contributed by atoms with Gasteiger partial charge in [-0.1, -0.05) is 0 Å². The average Bonchev–Trinajstić information content (AvgIpc) is 2.09. The molecule has 0 aliphatic rings. The number of nitrogens with two attached hydrogens (primary N) is 1. The first-order chi connectivity index (χ1) is 6.07. The van der Waals surface area contributed by atoms with E-state index in [0.717, 1.165) is 6.20 Å². The minimum absolute atomic E-state index is 0.199. The summed E-state index contributed by atoms with van der Waals surface area (Å²) >= 11 is 0. The topological polar surface area (TPSA) is 38.9 Å². The van der Waals surface area contributed by atoms with Crippen LogP contribution in [0.3, 0.4) is 0 Å². The Morgan fingerprint density at radius 2 is 2.15 bits per heavy atom. The molecule has 1 rings (SSSR count). The summed E-state index contributed by atoms with van der Waals surface area (Å²) in [5.74, 6) is -0.687. The third kappa shape index (κ3) is 1.80. The molecule has 0 saturated carbocycles. The SMILES string of the molecule is Cc1cnc(C(F)F)c(CN)c1F. The van der Waals surface area contributed by atoms with Crippen molar-refractivity contribution in [2.75, 3.05) is 0 Å². The van der Waals surface area contributed by atoms with Crippen molar-refractivity contribution in [3.8, 4) is 0 Å². The van der Waals surface area contributed by atoms with Gasteiger partial charge in [0.25, 0.3) is 6.43 Å². The fourth-order valence-corrected chi connectivity index (χ4v) is 1.03. The molecule has 0 aliphatic carbocycles. The smallest absolute Gasteiger partial charge is 0.280 e. The molecule has 0 spiro atoms. The number of hydrogen-bond donors (Lipinski definition) is 1. The second-order valence-corrected chi connectivity index (χ2v) is 2.62. The maximum absolute atomic E-state index is 13.2. The fraction of sp³-hybridized carbons (Fsp3) is 0.375. The zero-order chi connectivity index (χ0) is 10.0. The molecular formula is C8H9F3N2. The maximum Gasteiger partial charge on any atom is 0.280 e. The van der Waals surface area contributed by atoms with E-state index in [1.807, 2.05) is 0 Å². The Hall–Kier alpha value is -1.10. The summed E-state index contributed by atoms with van der Waals surface area (Å²) in [6.45, 7) is 1.19. The first-order valence-corrected chi connectivity index (χ1v) is 3.70. The van der Waals surface area contributed by atoms with Crippen molar-refractivity contribution in [1.29, 1.82) is 0 Å². The summed E-state index contributed by atoms with van der Waals surface area (Å²) in [6, 6.07) is 0. The maximum atomic E-state index is 13.2. The summed E-state index contributed by atoms with van der Waals surface area (Å²) in [6.07, 6.45) is -1.70. The van der Waals surface area contributed by atoms with Gasteiger partial charge in [0.15, 0.2) is 0 Å². The molecular weight excluding hydrogens is 181 g/mol. The number of nitrogens with zero attached hydrogens (tertiary/aromatic N) is 1. The van der Waals surface area contributed by atoms with Crippen LogP contribution in [-0.4, -0.2) is 4.98 Å². The first kappa shape index (κ1) is 9.98. The number of aryl methyl sites for hydroxylation is 1. The standard InChI is InChI=1S/C8H9F3N2/c1-4-3-13-7(8(10)11)5(2-12)6(4)9/h3,8H,2,12H2,1H3.